The van der Waals surface area contributed by atoms with E-state index in [0.29, 0.717) is 13.2 Å². The van der Waals surface area contributed by atoms with Gasteiger partial charge in [-0.1, -0.05) is 0 Å². The Kier molecular flexibility index (Phi) is 3.22. The van der Waals surface area contributed by atoms with Crippen LogP contribution in [0.3, 0.4) is 0 Å². The third-order valence-corrected chi connectivity index (χ3v) is 2.33. The molecular weight excluding hydrogens is 204 g/mol. The largest absolute Gasteiger partial charge is 0.506 e. The lowest BCUT2D eigenvalue weighted by molar-refractivity contribution is 0.134. The maximum Gasteiger partial charge on any atom is 0.143 e. The maximum absolute atomic E-state index is 9.82. The molecule has 2 heterocycles. The van der Waals surface area contributed by atoms with E-state index in [1.807, 2.05) is 25.3 Å². The van der Waals surface area contributed by atoms with Crippen LogP contribution < -0.4 is 0 Å². The van der Waals surface area contributed by atoms with Crippen LogP contribution in [0.15, 0.2) is 30.7 Å². The molecule has 0 amide bonds. The highest BCUT2D eigenvalue weighted by Crippen LogP contribution is 2.30. The first kappa shape index (κ1) is 10.7. The van der Waals surface area contributed by atoms with Gasteiger partial charge in [0, 0.05) is 35.8 Å². The zero-order chi connectivity index (χ0) is 11.4. The Labute approximate surface area is 93.9 Å². The molecule has 2 N–H and O–H groups in total. The third kappa shape index (κ3) is 2.06. The molecule has 4 heteroatoms. The second-order valence-corrected chi connectivity index (χ2v) is 3.41. The summed E-state index contributed by atoms with van der Waals surface area (Å²) in [7, 11) is 0. The number of ether oxygens (including phenoxy) is 1. The summed E-state index contributed by atoms with van der Waals surface area (Å²) in [5.74, 6) is 0.166. The number of hydrogen-bond donors (Lipinski definition) is 2. The zero-order valence-electron chi connectivity index (χ0n) is 9.10. The van der Waals surface area contributed by atoms with E-state index in [4.69, 9.17) is 4.74 Å². The number of aromatic hydroxyl groups is 1. The molecule has 0 aromatic carbocycles. The molecule has 2 aromatic rings. The van der Waals surface area contributed by atoms with E-state index >= 15 is 0 Å². The molecule has 0 saturated heterocycles. The average molecular weight is 218 g/mol. The van der Waals surface area contributed by atoms with Gasteiger partial charge in [-0.3, -0.25) is 4.98 Å². The highest BCUT2D eigenvalue weighted by atomic mass is 16.5. The second kappa shape index (κ2) is 4.81. The van der Waals surface area contributed by atoms with Gasteiger partial charge in [-0.05, 0) is 19.1 Å². The number of pyridine rings is 1. The summed E-state index contributed by atoms with van der Waals surface area (Å²) in [6.45, 7) is 3.02. The van der Waals surface area contributed by atoms with Gasteiger partial charge in [0.15, 0.2) is 0 Å². The van der Waals surface area contributed by atoms with Crippen LogP contribution in [0.25, 0.3) is 11.3 Å². The smallest absolute Gasteiger partial charge is 0.143 e. The number of rotatable bonds is 4. The van der Waals surface area contributed by atoms with Crippen LogP contribution in [0.4, 0.5) is 0 Å². The molecule has 4 nitrogen and oxygen atoms in total. The third-order valence-electron chi connectivity index (χ3n) is 2.33. The zero-order valence-corrected chi connectivity index (χ0v) is 9.10. The Bertz CT molecular complexity index is 452. The van der Waals surface area contributed by atoms with Crippen LogP contribution >= 0.6 is 0 Å². The number of nitrogens with one attached hydrogen (secondary N) is 1. The molecule has 0 radical (unpaired) electrons. The molecule has 2 rings (SSSR count). The van der Waals surface area contributed by atoms with Crippen LogP contribution in [0.1, 0.15) is 12.5 Å². The van der Waals surface area contributed by atoms with E-state index in [9.17, 15) is 5.11 Å². The summed E-state index contributed by atoms with van der Waals surface area (Å²) in [4.78, 5) is 7.03. The van der Waals surface area contributed by atoms with Crippen molar-refractivity contribution in [3.8, 4) is 17.0 Å². The number of H-pyrrole nitrogens is 1. The summed E-state index contributed by atoms with van der Waals surface area (Å²) in [5.41, 5.74) is 2.51. The van der Waals surface area contributed by atoms with E-state index < -0.39 is 0 Å². The van der Waals surface area contributed by atoms with Crippen LogP contribution in [0, 0.1) is 0 Å². The van der Waals surface area contributed by atoms with Gasteiger partial charge >= 0.3 is 0 Å². The van der Waals surface area contributed by atoms with Gasteiger partial charge in [-0.15, -0.1) is 0 Å². The summed E-state index contributed by atoms with van der Waals surface area (Å²) in [6, 6.07) is 3.80. The molecule has 0 aliphatic heterocycles. The fraction of sp³-hybridized carbons (Fsp3) is 0.250. The van der Waals surface area contributed by atoms with Crippen molar-refractivity contribution in [2.24, 2.45) is 0 Å². The Morgan fingerprint density at radius 3 is 3.00 bits per heavy atom. The number of nitrogens with zero attached hydrogens (tertiary/aromatic N) is 1. The Hall–Kier alpha value is -1.81. The quantitative estimate of drug-likeness (QED) is 0.828. The summed E-state index contributed by atoms with van der Waals surface area (Å²) < 4.78 is 5.35. The second-order valence-electron chi connectivity index (χ2n) is 3.41. The van der Waals surface area contributed by atoms with Gasteiger partial charge in [0.2, 0.25) is 0 Å². The van der Waals surface area contributed by atoms with Gasteiger partial charge in [-0.2, -0.15) is 0 Å². The van der Waals surface area contributed by atoms with E-state index in [2.05, 4.69) is 9.97 Å². The first-order valence-corrected chi connectivity index (χ1v) is 5.20. The number of aromatic nitrogens is 2. The fourth-order valence-electron chi connectivity index (χ4n) is 1.61. The monoisotopic (exact) mass is 218 g/mol. The minimum Gasteiger partial charge on any atom is -0.506 e. The van der Waals surface area contributed by atoms with Crippen molar-refractivity contribution >= 4 is 0 Å². The standard InChI is InChI=1S/C12H14N2O2/c1-2-16-8-9-6-13-7-11(15)12(9)10-4-3-5-14-10/h3-7,14-15H,2,8H2,1H3. The van der Waals surface area contributed by atoms with E-state index in [1.165, 1.54) is 6.20 Å². The molecule has 0 saturated carbocycles. The first-order valence-electron chi connectivity index (χ1n) is 5.20. The summed E-state index contributed by atoms with van der Waals surface area (Å²) >= 11 is 0. The van der Waals surface area contributed by atoms with Crippen molar-refractivity contribution in [2.75, 3.05) is 6.61 Å². The van der Waals surface area contributed by atoms with Crippen molar-refractivity contribution in [1.82, 2.24) is 9.97 Å². The predicted octanol–water partition coefficient (Wildman–Crippen LogP) is 2.32. The molecule has 0 bridgehead atoms. The van der Waals surface area contributed by atoms with Crippen LogP contribution in [-0.4, -0.2) is 21.7 Å². The molecule has 2 aromatic heterocycles. The van der Waals surface area contributed by atoms with Crippen molar-refractivity contribution in [2.45, 2.75) is 13.5 Å². The Morgan fingerprint density at radius 1 is 1.44 bits per heavy atom. The minimum absolute atomic E-state index is 0.166. The highest BCUT2D eigenvalue weighted by Gasteiger charge is 2.11. The van der Waals surface area contributed by atoms with Crippen LogP contribution in [0.2, 0.25) is 0 Å². The molecule has 0 aliphatic rings. The van der Waals surface area contributed by atoms with Gasteiger partial charge in [0.05, 0.1) is 12.8 Å². The maximum atomic E-state index is 9.82. The highest BCUT2D eigenvalue weighted by molar-refractivity contribution is 5.69. The normalized spacial score (nSPS) is 10.6. The predicted molar refractivity (Wildman–Crippen MR) is 61.0 cm³/mol. The topological polar surface area (TPSA) is 58.1 Å². The SMILES string of the molecule is CCOCc1cncc(O)c1-c1ccc[nH]1. The fourth-order valence-corrected chi connectivity index (χ4v) is 1.61. The van der Waals surface area contributed by atoms with Gasteiger partial charge in [0.1, 0.15) is 5.75 Å². The van der Waals surface area contributed by atoms with E-state index in [0.717, 1.165) is 16.8 Å². The molecular formula is C12H14N2O2. The molecule has 0 atom stereocenters. The van der Waals surface area contributed by atoms with Crippen molar-refractivity contribution in [3.05, 3.63) is 36.3 Å². The van der Waals surface area contributed by atoms with Crippen LogP contribution in [-0.2, 0) is 11.3 Å². The lowest BCUT2D eigenvalue weighted by Crippen LogP contribution is -1.96. The van der Waals surface area contributed by atoms with E-state index in [-0.39, 0.29) is 5.75 Å². The summed E-state index contributed by atoms with van der Waals surface area (Å²) in [5, 5.41) is 9.82. The van der Waals surface area contributed by atoms with Gasteiger partial charge < -0.3 is 14.8 Å². The number of hydrogen-bond acceptors (Lipinski definition) is 3. The van der Waals surface area contributed by atoms with Crippen molar-refractivity contribution in [1.29, 1.82) is 0 Å². The lowest BCUT2D eigenvalue weighted by atomic mass is 10.1. The van der Waals surface area contributed by atoms with Gasteiger partial charge in [-0.25, -0.2) is 0 Å². The first-order chi connectivity index (χ1) is 7.83. The molecule has 0 spiro atoms. The Morgan fingerprint density at radius 2 is 2.31 bits per heavy atom. The van der Waals surface area contributed by atoms with Crippen molar-refractivity contribution in [3.63, 3.8) is 0 Å². The van der Waals surface area contributed by atoms with Crippen molar-refractivity contribution < 1.29 is 9.84 Å². The molecule has 84 valence electrons. The number of aromatic amines is 1. The molecule has 0 aliphatic carbocycles. The molecule has 16 heavy (non-hydrogen) atoms. The molecule has 0 unspecified atom stereocenters. The van der Waals surface area contributed by atoms with Gasteiger partial charge in [0.25, 0.3) is 0 Å². The molecule has 0 fully saturated rings. The average Bonchev–Trinajstić information content (AvgIpc) is 2.79. The lowest BCUT2D eigenvalue weighted by Gasteiger charge is -2.09. The van der Waals surface area contributed by atoms with Crippen LogP contribution in [0.5, 0.6) is 5.75 Å². The minimum atomic E-state index is 0.166. The Balaban J connectivity index is 2.41. The van der Waals surface area contributed by atoms with E-state index in [1.54, 1.807) is 6.20 Å². The summed E-state index contributed by atoms with van der Waals surface area (Å²) in [6.07, 6.45) is 4.97.